The Morgan fingerprint density at radius 2 is 1.80 bits per heavy atom. The maximum Gasteiger partial charge on any atom is 0.412 e. The number of carbonyl (C=O) groups excluding carboxylic acids is 1. The molecule has 30 heavy (non-hydrogen) atoms. The molecular formula is C20H18Br3NO6. The minimum Gasteiger partial charge on any atom is -0.506 e. The van der Waals surface area contributed by atoms with E-state index in [1.54, 1.807) is 43.3 Å². The van der Waals surface area contributed by atoms with Crippen LogP contribution in [0.25, 0.3) is 0 Å². The van der Waals surface area contributed by atoms with Gasteiger partial charge in [0.1, 0.15) is 11.9 Å². The molecule has 0 saturated heterocycles. The maximum atomic E-state index is 12.6. The van der Waals surface area contributed by atoms with Gasteiger partial charge in [-0.3, -0.25) is 5.32 Å². The lowest BCUT2D eigenvalue weighted by Gasteiger charge is -2.26. The molecule has 10 heteroatoms. The third-order valence-corrected chi connectivity index (χ3v) is 5.37. The molecule has 0 spiro atoms. The third kappa shape index (κ3) is 7.12. The SMILES string of the molecule is CCO[C@@H](/C=C/C(=O)O)[C@@H](OC(=O)Nc1ccc(Br)cc1)c1cc(Br)cc(Br)c1O. The topological polar surface area (TPSA) is 105 Å². The Morgan fingerprint density at radius 1 is 1.13 bits per heavy atom. The van der Waals surface area contributed by atoms with Crippen LogP contribution in [0.1, 0.15) is 18.6 Å². The lowest BCUT2D eigenvalue weighted by atomic mass is 10.0. The quantitative estimate of drug-likeness (QED) is 0.317. The highest BCUT2D eigenvalue weighted by atomic mass is 79.9. The molecule has 0 fully saturated rings. The fourth-order valence-corrected chi connectivity index (χ4v) is 4.04. The molecule has 0 aromatic heterocycles. The van der Waals surface area contributed by atoms with Crippen molar-refractivity contribution in [2.24, 2.45) is 0 Å². The van der Waals surface area contributed by atoms with Gasteiger partial charge in [-0.05, 0) is 65.3 Å². The summed E-state index contributed by atoms with van der Waals surface area (Å²) in [4.78, 5) is 23.6. The van der Waals surface area contributed by atoms with Gasteiger partial charge in [0.2, 0.25) is 0 Å². The molecule has 2 atom stereocenters. The van der Waals surface area contributed by atoms with Crippen molar-refractivity contribution in [3.63, 3.8) is 0 Å². The molecule has 0 aliphatic heterocycles. The van der Waals surface area contributed by atoms with Crippen LogP contribution in [-0.2, 0) is 14.3 Å². The highest BCUT2D eigenvalue weighted by molar-refractivity contribution is 9.11. The minimum atomic E-state index is -1.18. The molecule has 0 heterocycles. The number of amides is 1. The number of benzene rings is 2. The van der Waals surface area contributed by atoms with Crippen molar-refractivity contribution in [3.05, 3.63) is 67.5 Å². The first-order valence-electron chi connectivity index (χ1n) is 8.65. The van der Waals surface area contributed by atoms with E-state index >= 15 is 0 Å². The van der Waals surface area contributed by atoms with Gasteiger partial charge in [-0.1, -0.05) is 31.9 Å². The van der Waals surface area contributed by atoms with Crippen LogP contribution in [0, 0.1) is 0 Å². The van der Waals surface area contributed by atoms with E-state index in [2.05, 4.69) is 53.1 Å². The molecule has 2 rings (SSSR count). The summed E-state index contributed by atoms with van der Waals surface area (Å²) in [6.45, 7) is 1.94. The summed E-state index contributed by atoms with van der Waals surface area (Å²) in [6.07, 6.45) is -0.740. The first kappa shape index (κ1) is 24.4. The summed E-state index contributed by atoms with van der Waals surface area (Å²) < 4.78 is 13.0. The molecule has 1 amide bonds. The molecule has 0 aliphatic rings. The van der Waals surface area contributed by atoms with Crippen molar-refractivity contribution in [3.8, 4) is 5.75 Å². The Morgan fingerprint density at radius 3 is 2.40 bits per heavy atom. The zero-order valence-electron chi connectivity index (χ0n) is 15.6. The number of phenols is 1. The standard InChI is InChI=1S/C20H18Br3NO6/c1-2-29-16(7-8-17(25)26)19(14-9-12(22)10-15(23)18(14)27)30-20(28)24-13-5-3-11(21)4-6-13/h3-10,16,19,27H,2H2,1H3,(H,24,28)(H,25,26)/b8-7+/t16-,19-/m0/s1. The lowest BCUT2D eigenvalue weighted by molar-refractivity contribution is -0.131. The summed E-state index contributed by atoms with van der Waals surface area (Å²) in [5.41, 5.74) is 0.728. The number of rotatable bonds is 8. The number of carboxylic acids is 1. The first-order chi connectivity index (χ1) is 14.2. The second-order valence-electron chi connectivity index (χ2n) is 5.90. The molecule has 0 bridgehead atoms. The Labute approximate surface area is 198 Å². The van der Waals surface area contributed by atoms with Crippen molar-refractivity contribution in [1.82, 2.24) is 0 Å². The number of hydrogen-bond acceptors (Lipinski definition) is 5. The average molecular weight is 608 g/mol. The molecule has 0 aliphatic carbocycles. The number of hydrogen-bond donors (Lipinski definition) is 3. The fraction of sp³-hybridized carbons (Fsp3) is 0.200. The predicted octanol–water partition coefficient (Wildman–Crippen LogP) is 6.02. The Hall–Kier alpha value is -1.88. The van der Waals surface area contributed by atoms with Crippen LogP contribution >= 0.6 is 47.8 Å². The molecular weight excluding hydrogens is 590 g/mol. The first-order valence-corrected chi connectivity index (χ1v) is 11.0. The van der Waals surface area contributed by atoms with Gasteiger partial charge in [-0.25, -0.2) is 9.59 Å². The van der Waals surface area contributed by atoms with Gasteiger partial charge in [0.15, 0.2) is 6.10 Å². The number of aliphatic carboxylic acids is 1. The van der Waals surface area contributed by atoms with Gasteiger partial charge in [0, 0.05) is 32.9 Å². The third-order valence-electron chi connectivity index (χ3n) is 3.77. The largest absolute Gasteiger partial charge is 0.506 e. The van der Waals surface area contributed by atoms with Crippen molar-refractivity contribution in [2.45, 2.75) is 19.1 Å². The van der Waals surface area contributed by atoms with Crippen LogP contribution in [0.15, 0.2) is 62.0 Å². The van der Waals surface area contributed by atoms with Gasteiger partial charge in [0.05, 0.1) is 4.47 Å². The number of carbonyl (C=O) groups is 2. The second-order valence-corrected chi connectivity index (χ2v) is 8.59. The van der Waals surface area contributed by atoms with Crippen molar-refractivity contribution in [2.75, 3.05) is 11.9 Å². The number of ether oxygens (including phenoxy) is 2. The summed E-state index contributed by atoms with van der Waals surface area (Å²) in [5.74, 6) is -1.34. The smallest absolute Gasteiger partial charge is 0.412 e. The maximum absolute atomic E-state index is 12.6. The van der Waals surface area contributed by atoms with Crippen LogP contribution < -0.4 is 5.32 Å². The number of phenolic OH excluding ortho intramolecular Hbond substituents is 1. The molecule has 0 radical (unpaired) electrons. The Balaban J connectivity index is 2.40. The zero-order chi connectivity index (χ0) is 22.3. The van der Waals surface area contributed by atoms with Crippen LogP contribution in [0.3, 0.4) is 0 Å². The van der Waals surface area contributed by atoms with E-state index in [1.165, 1.54) is 6.08 Å². The van der Waals surface area contributed by atoms with E-state index in [9.17, 15) is 14.7 Å². The van der Waals surface area contributed by atoms with Gasteiger partial charge >= 0.3 is 12.1 Å². The predicted molar refractivity (Wildman–Crippen MR) is 123 cm³/mol. The normalized spacial score (nSPS) is 13.1. The molecule has 0 saturated carbocycles. The monoisotopic (exact) mass is 605 g/mol. The highest BCUT2D eigenvalue weighted by Crippen LogP contribution is 2.39. The minimum absolute atomic E-state index is 0.159. The molecule has 2 aromatic rings. The zero-order valence-corrected chi connectivity index (χ0v) is 20.4. The van der Waals surface area contributed by atoms with E-state index < -0.39 is 24.3 Å². The number of halogens is 3. The van der Waals surface area contributed by atoms with E-state index in [4.69, 9.17) is 14.6 Å². The van der Waals surface area contributed by atoms with Gasteiger partial charge in [-0.15, -0.1) is 0 Å². The van der Waals surface area contributed by atoms with Gasteiger partial charge < -0.3 is 19.7 Å². The van der Waals surface area contributed by atoms with E-state index in [0.717, 1.165) is 10.5 Å². The van der Waals surface area contributed by atoms with Crippen LogP contribution in [0.5, 0.6) is 5.75 Å². The summed E-state index contributed by atoms with van der Waals surface area (Å²) in [5, 5.41) is 22.1. The summed E-state index contributed by atoms with van der Waals surface area (Å²) >= 11 is 9.90. The molecule has 7 nitrogen and oxygen atoms in total. The fourth-order valence-electron chi connectivity index (χ4n) is 2.52. The van der Waals surface area contributed by atoms with Crippen molar-refractivity contribution in [1.29, 1.82) is 0 Å². The van der Waals surface area contributed by atoms with Gasteiger partial charge in [-0.2, -0.15) is 0 Å². The molecule has 3 N–H and O–H groups in total. The Kier molecular flexibility index (Phi) is 9.35. The number of aromatic hydroxyl groups is 1. The van der Waals surface area contributed by atoms with Crippen molar-refractivity contribution < 1.29 is 29.3 Å². The van der Waals surface area contributed by atoms with Crippen LogP contribution in [-0.4, -0.2) is 35.0 Å². The lowest BCUT2D eigenvalue weighted by Crippen LogP contribution is -2.28. The number of carboxylic acid groups (broad SMARTS) is 1. The molecule has 0 unspecified atom stereocenters. The van der Waals surface area contributed by atoms with E-state index in [-0.39, 0.29) is 17.9 Å². The summed E-state index contributed by atoms with van der Waals surface area (Å²) in [6, 6.07) is 10.1. The van der Waals surface area contributed by atoms with E-state index in [0.29, 0.717) is 14.6 Å². The number of anilines is 1. The van der Waals surface area contributed by atoms with Crippen LogP contribution in [0.2, 0.25) is 0 Å². The molecule has 160 valence electrons. The van der Waals surface area contributed by atoms with Crippen LogP contribution in [0.4, 0.5) is 10.5 Å². The van der Waals surface area contributed by atoms with E-state index in [1.807, 2.05) is 0 Å². The Bertz CT molecular complexity index is 933. The molecule has 2 aromatic carbocycles. The number of nitrogens with one attached hydrogen (secondary N) is 1. The average Bonchev–Trinajstić information content (AvgIpc) is 2.68. The highest BCUT2D eigenvalue weighted by Gasteiger charge is 2.30. The van der Waals surface area contributed by atoms with Crippen molar-refractivity contribution >= 4 is 65.5 Å². The second kappa shape index (κ2) is 11.5. The van der Waals surface area contributed by atoms with Gasteiger partial charge in [0.25, 0.3) is 0 Å². The summed E-state index contributed by atoms with van der Waals surface area (Å²) in [7, 11) is 0.